The van der Waals surface area contributed by atoms with Crippen molar-refractivity contribution < 1.29 is 0 Å². The van der Waals surface area contributed by atoms with Gasteiger partial charge in [0.05, 0.1) is 39.8 Å². The summed E-state index contributed by atoms with van der Waals surface area (Å²) >= 11 is 0. The third-order valence-electron chi connectivity index (χ3n) is 10.5. The van der Waals surface area contributed by atoms with Crippen molar-refractivity contribution in [2.75, 3.05) is 18.5 Å². The van der Waals surface area contributed by atoms with Crippen molar-refractivity contribution >= 4 is 61.8 Å². The summed E-state index contributed by atoms with van der Waals surface area (Å²) in [6.07, 6.45) is 14.9. The molecule has 0 saturated heterocycles. The minimum Gasteiger partial charge on any atom is -0.387 e. The summed E-state index contributed by atoms with van der Waals surface area (Å²) in [7, 11) is 2.18. The van der Waals surface area contributed by atoms with Crippen LogP contribution in [0.1, 0.15) is 34.8 Å². The van der Waals surface area contributed by atoms with E-state index in [1.807, 2.05) is 12.3 Å². The molecule has 7 aromatic rings. The summed E-state index contributed by atoms with van der Waals surface area (Å²) in [5, 5.41) is 7.68. The van der Waals surface area contributed by atoms with Crippen molar-refractivity contribution in [1.29, 1.82) is 0 Å². The first-order valence-electron chi connectivity index (χ1n) is 17.6. The average Bonchev–Trinajstić information content (AvgIpc) is 3.20. The van der Waals surface area contributed by atoms with Crippen LogP contribution in [0.2, 0.25) is 0 Å². The molecule has 5 heteroatoms. The van der Waals surface area contributed by atoms with Gasteiger partial charge in [0.1, 0.15) is 0 Å². The van der Waals surface area contributed by atoms with Crippen LogP contribution in [0.3, 0.4) is 0 Å². The summed E-state index contributed by atoms with van der Waals surface area (Å²) in [4.78, 5) is 17.3. The van der Waals surface area contributed by atoms with Crippen LogP contribution in [0, 0.1) is 12.1 Å². The molecule has 5 aromatic carbocycles. The lowest BCUT2D eigenvalue weighted by atomic mass is 9.90. The van der Waals surface area contributed by atoms with Crippen LogP contribution in [0.25, 0.3) is 66.6 Å². The largest absolute Gasteiger partial charge is 0.387 e. The summed E-state index contributed by atoms with van der Waals surface area (Å²) in [6.45, 7) is 0.856. The number of benzene rings is 4. The molecule has 0 bridgehead atoms. The number of hydrogen-bond donors (Lipinski definition) is 1. The number of nitrogens with one attached hydrogen (secondary N) is 1. The fourth-order valence-electron chi connectivity index (χ4n) is 7.85. The maximum atomic E-state index is 5.18. The van der Waals surface area contributed by atoms with Gasteiger partial charge in [-0.25, -0.2) is 9.97 Å². The molecule has 242 valence electrons. The highest BCUT2D eigenvalue weighted by Gasteiger charge is 2.27. The molecule has 0 fully saturated rings. The number of likely N-dealkylation sites (N-methyl/N-ethyl adjacent to an activating group) is 1. The lowest BCUT2D eigenvalue weighted by Gasteiger charge is -2.35. The monoisotopic (exact) mass is 655 g/mol. The Balaban J connectivity index is 0.977. The predicted octanol–water partition coefficient (Wildman–Crippen LogP) is 10.2. The average molecular weight is 656 g/mol. The van der Waals surface area contributed by atoms with Gasteiger partial charge in [0.25, 0.3) is 0 Å². The van der Waals surface area contributed by atoms with Crippen LogP contribution in [0.5, 0.6) is 0 Å². The molecule has 0 radical (unpaired) electrons. The third-order valence-corrected chi connectivity index (χ3v) is 10.5. The van der Waals surface area contributed by atoms with Crippen LogP contribution in [-0.2, 0) is 6.42 Å². The van der Waals surface area contributed by atoms with Gasteiger partial charge >= 0.3 is 0 Å². The standard InChI is InChI=1S/C46H33N5/c1-51-44(23-16-30-11-10-29-6-5-25-48-45(29)46(30)51)39-18-17-38(36-8-2-3-9-37(36)39)43-22-15-34-27-32(13-20-41(34)50-43)31-12-19-40-33(26-31)14-21-42(49-40)35-7-4-24-47-28-35/h2,4,7-8,10-23,25-28,44,47H,5-6,24H2,1H3. The predicted molar refractivity (Wildman–Crippen MR) is 211 cm³/mol. The first-order chi connectivity index (χ1) is 25.2. The van der Waals surface area contributed by atoms with Gasteiger partial charge < -0.3 is 10.2 Å². The number of pyridine rings is 2. The Kier molecular flexibility index (Phi) is 6.82. The third kappa shape index (κ3) is 4.99. The maximum absolute atomic E-state index is 5.18. The van der Waals surface area contributed by atoms with Gasteiger partial charge in [-0.05, 0) is 89.2 Å². The number of aliphatic imine (C=N–C) groups is 1. The smallest absolute Gasteiger partial charge is 0.0897 e. The molecule has 1 unspecified atom stereocenters. The van der Waals surface area contributed by atoms with E-state index in [0.29, 0.717) is 0 Å². The molecule has 0 aliphatic carbocycles. The lowest BCUT2D eigenvalue weighted by Crippen LogP contribution is -2.26. The second-order valence-electron chi connectivity index (χ2n) is 13.5. The molecule has 51 heavy (non-hydrogen) atoms. The molecule has 0 amide bonds. The normalized spacial score (nSPS) is 16.1. The van der Waals surface area contributed by atoms with E-state index < -0.39 is 0 Å². The SMILES string of the molecule is CN1c2c(ccc3c2N=CCC3)C=CC1c1ccc(-c2ccc3cc(-c4ccc5nc(C6=CNCC=C6)ccc5c4)ccc3n2)c2ccc#cc12. The molecule has 10 rings (SSSR count). The number of dihydropyridines is 1. The minimum absolute atomic E-state index is 0.0457. The molecule has 2 aromatic heterocycles. The molecular weight excluding hydrogens is 623 g/mol. The zero-order chi connectivity index (χ0) is 33.9. The van der Waals surface area contributed by atoms with Crippen molar-refractivity contribution in [3.05, 3.63) is 156 Å². The van der Waals surface area contributed by atoms with Gasteiger partial charge in [-0.2, -0.15) is 0 Å². The molecule has 1 atom stereocenters. The van der Waals surface area contributed by atoms with E-state index in [-0.39, 0.29) is 6.04 Å². The Morgan fingerprint density at radius 3 is 2.41 bits per heavy atom. The van der Waals surface area contributed by atoms with Crippen molar-refractivity contribution in [1.82, 2.24) is 15.3 Å². The molecule has 0 saturated carbocycles. The molecule has 3 aliphatic rings. The van der Waals surface area contributed by atoms with Gasteiger partial charge in [-0.15, -0.1) is 0 Å². The second-order valence-corrected chi connectivity index (χ2v) is 13.5. The maximum Gasteiger partial charge on any atom is 0.0897 e. The van der Waals surface area contributed by atoms with Crippen molar-refractivity contribution in [2.24, 2.45) is 4.99 Å². The highest BCUT2D eigenvalue weighted by Crippen LogP contribution is 2.46. The van der Waals surface area contributed by atoms with Crippen molar-refractivity contribution in [3.8, 4) is 22.4 Å². The van der Waals surface area contributed by atoms with Crippen LogP contribution >= 0.6 is 0 Å². The zero-order valence-corrected chi connectivity index (χ0v) is 28.2. The number of aryl methyl sites for hydroxylation is 1. The second kappa shape index (κ2) is 11.8. The number of allylic oxidation sites excluding steroid dienone is 2. The number of nitrogens with zero attached hydrogens (tertiary/aromatic N) is 4. The van der Waals surface area contributed by atoms with Crippen LogP contribution in [0.4, 0.5) is 11.4 Å². The fourth-order valence-corrected chi connectivity index (χ4v) is 7.85. The number of rotatable bonds is 4. The quantitative estimate of drug-likeness (QED) is 0.205. The van der Waals surface area contributed by atoms with Crippen molar-refractivity contribution in [2.45, 2.75) is 18.9 Å². The molecule has 3 aliphatic heterocycles. The Morgan fingerprint density at radius 1 is 0.804 bits per heavy atom. The van der Waals surface area contributed by atoms with Crippen LogP contribution < -0.4 is 10.2 Å². The zero-order valence-electron chi connectivity index (χ0n) is 28.2. The van der Waals surface area contributed by atoms with Gasteiger partial charge in [0.15, 0.2) is 0 Å². The molecule has 0 spiro atoms. The lowest BCUT2D eigenvalue weighted by molar-refractivity contribution is 0.809. The van der Waals surface area contributed by atoms with Crippen LogP contribution in [-0.4, -0.2) is 29.8 Å². The highest BCUT2D eigenvalue weighted by atomic mass is 15.2. The van der Waals surface area contributed by atoms with Gasteiger partial charge in [-0.1, -0.05) is 85.0 Å². The van der Waals surface area contributed by atoms with Gasteiger partial charge in [-0.3, -0.25) is 4.99 Å². The Bertz CT molecular complexity index is 2680. The minimum atomic E-state index is 0.0457. The van der Waals surface area contributed by atoms with Gasteiger partial charge in [0, 0.05) is 58.7 Å². The van der Waals surface area contributed by atoms with E-state index in [0.717, 1.165) is 91.3 Å². The Hall–Kier alpha value is -6.51. The Labute approximate surface area is 297 Å². The van der Waals surface area contributed by atoms with E-state index in [2.05, 4.69) is 151 Å². The highest BCUT2D eigenvalue weighted by molar-refractivity contribution is 5.99. The molecule has 1 N–H and O–H groups in total. The molecular formula is C46H33N5. The topological polar surface area (TPSA) is 53.4 Å². The summed E-state index contributed by atoms with van der Waals surface area (Å²) in [5.74, 6) is 0. The summed E-state index contributed by atoms with van der Waals surface area (Å²) in [5.41, 5.74) is 14.4. The van der Waals surface area contributed by atoms with Crippen molar-refractivity contribution in [3.63, 3.8) is 0 Å². The van der Waals surface area contributed by atoms with E-state index in [1.54, 1.807) is 0 Å². The summed E-state index contributed by atoms with van der Waals surface area (Å²) < 4.78 is 0. The fraction of sp³-hybridized carbons (Fsp3) is 0.109. The Morgan fingerprint density at radius 2 is 1.61 bits per heavy atom. The number of hydrogen-bond acceptors (Lipinski definition) is 5. The van der Waals surface area contributed by atoms with Crippen LogP contribution in [0.15, 0.2) is 126 Å². The summed E-state index contributed by atoms with van der Waals surface area (Å²) in [6, 6.07) is 41.4. The van der Waals surface area contributed by atoms with E-state index in [9.17, 15) is 0 Å². The van der Waals surface area contributed by atoms with E-state index in [4.69, 9.17) is 15.0 Å². The number of aromatic nitrogens is 2. The van der Waals surface area contributed by atoms with E-state index in [1.165, 1.54) is 22.4 Å². The molecule has 5 nitrogen and oxygen atoms in total. The molecule has 5 heterocycles. The first kappa shape index (κ1) is 29.4. The number of anilines is 1. The van der Waals surface area contributed by atoms with Gasteiger partial charge in [0.2, 0.25) is 0 Å². The van der Waals surface area contributed by atoms with E-state index >= 15 is 0 Å². The number of fused-ring (bicyclic) bond motifs is 6. The first-order valence-corrected chi connectivity index (χ1v) is 17.6.